The Morgan fingerprint density at radius 3 is 2.63 bits per heavy atom. The Kier molecular flexibility index (Phi) is 8.82. The van der Waals surface area contributed by atoms with E-state index >= 15 is 0 Å². The molecule has 6 nitrogen and oxygen atoms in total. The van der Waals surface area contributed by atoms with Gasteiger partial charge in [0.1, 0.15) is 12.9 Å². The molecule has 110 valence electrons. The van der Waals surface area contributed by atoms with Gasteiger partial charge in [-0.2, -0.15) is 0 Å². The zero-order valence-electron chi connectivity index (χ0n) is 11.8. The molecule has 0 aliphatic rings. The van der Waals surface area contributed by atoms with Crippen molar-refractivity contribution in [2.24, 2.45) is 0 Å². The molecule has 0 spiro atoms. The van der Waals surface area contributed by atoms with Gasteiger partial charge in [-0.15, -0.1) is 0 Å². The minimum atomic E-state index is -0.635. The van der Waals surface area contributed by atoms with Crippen LogP contribution in [0.2, 0.25) is 0 Å². The van der Waals surface area contributed by atoms with Crippen molar-refractivity contribution in [2.45, 2.75) is 45.3 Å². The van der Waals surface area contributed by atoms with E-state index < -0.39 is 12.1 Å². The lowest BCUT2D eigenvalue weighted by atomic mass is 10.2. The maximum absolute atomic E-state index is 11.2. The third kappa shape index (κ3) is 11.4. The molecule has 0 aromatic rings. The van der Waals surface area contributed by atoms with Crippen molar-refractivity contribution >= 4 is 12.4 Å². The Bertz CT molecular complexity index is 285. The molecule has 0 fully saturated rings. The topological polar surface area (TPSA) is 73.9 Å². The molecule has 1 unspecified atom stereocenters. The summed E-state index contributed by atoms with van der Waals surface area (Å²) >= 11 is 0. The Labute approximate surface area is 114 Å². The third-order valence-corrected chi connectivity index (χ3v) is 1.85. The van der Waals surface area contributed by atoms with Crippen LogP contribution in [0, 0.1) is 0 Å². The van der Waals surface area contributed by atoms with Gasteiger partial charge >= 0.3 is 6.09 Å². The first kappa shape index (κ1) is 17.6. The van der Waals surface area contributed by atoms with E-state index in [2.05, 4.69) is 11.9 Å². The first-order chi connectivity index (χ1) is 8.89. The van der Waals surface area contributed by atoms with Crippen molar-refractivity contribution in [1.29, 1.82) is 0 Å². The van der Waals surface area contributed by atoms with Gasteiger partial charge in [-0.05, 0) is 33.6 Å². The molecule has 0 heterocycles. The molecule has 0 bridgehead atoms. The van der Waals surface area contributed by atoms with Gasteiger partial charge in [-0.3, -0.25) is 0 Å². The number of rotatable bonds is 9. The summed E-state index contributed by atoms with van der Waals surface area (Å²) in [7, 11) is 0. The summed E-state index contributed by atoms with van der Waals surface area (Å²) < 4.78 is 4.71. The number of alkyl carbamates (subject to hydrolysis) is 1. The zero-order chi connectivity index (χ0) is 14.7. The average molecular weight is 273 g/mol. The number of hydrogen-bond donors (Lipinski definition) is 1. The van der Waals surface area contributed by atoms with E-state index in [0.29, 0.717) is 25.7 Å². The van der Waals surface area contributed by atoms with Crippen LogP contribution >= 0.6 is 0 Å². The van der Waals surface area contributed by atoms with Crippen molar-refractivity contribution in [3.63, 3.8) is 0 Å². The van der Waals surface area contributed by atoms with Gasteiger partial charge in [0.2, 0.25) is 0 Å². The summed E-state index contributed by atoms with van der Waals surface area (Å²) in [6, 6.07) is -0.587. The zero-order valence-corrected chi connectivity index (χ0v) is 11.8. The van der Waals surface area contributed by atoms with Crippen molar-refractivity contribution in [3.05, 3.63) is 12.7 Å². The number of aldehydes is 1. The maximum atomic E-state index is 11.2. The average Bonchev–Trinajstić information content (AvgIpc) is 2.33. The van der Waals surface area contributed by atoms with Crippen LogP contribution in [-0.2, 0) is 19.3 Å². The van der Waals surface area contributed by atoms with Crippen molar-refractivity contribution in [2.75, 3.05) is 13.2 Å². The van der Waals surface area contributed by atoms with E-state index in [0.717, 1.165) is 0 Å². The highest BCUT2D eigenvalue weighted by atomic mass is 17.2. The van der Waals surface area contributed by atoms with E-state index in [-0.39, 0.29) is 12.2 Å². The van der Waals surface area contributed by atoms with Crippen LogP contribution in [0.15, 0.2) is 12.7 Å². The van der Waals surface area contributed by atoms with Crippen LogP contribution in [0.5, 0.6) is 0 Å². The highest BCUT2D eigenvalue weighted by Crippen LogP contribution is 2.07. The van der Waals surface area contributed by atoms with Gasteiger partial charge in [0.25, 0.3) is 0 Å². The molecule has 0 aromatic carbocycles. The highest BCUT2D eigenvalue weighted by Gasteiger charge is 2.13. The van der Waals surface area contributed by atoms with E-state index in [1.54, 1.807) is 0 Å². The summed E-state index contributed by atoms with van der Waals surface area (Å²) in [6.45, 7) is 9.50. The van der Waals surface area contributed by atoms with Crippen molar-refractivity contribution in [1.82, 2.24) is 5.32 Å². The summed E-state index contributed by atoms with van der Waals surface area (Å²) in [5.41, 5.74) is -0.364. The number of nitrogens with one attached hydrogen (secondary N) is 1. The smallest absolute Gasteiger partial charge is 0.408 e. The van der Waals surface area contributed by atoms with Crippen LogP contribution in [0.1, 0.15) is 33.6 Å². The van der Waals surface area contributed by atoms with Crippen LogP contribution < -0.4 is 5.32 Å². The standard InChI is InChI=1S/C13H23NO5/c1-5-8-17-12(16)14-11(10-15)7-6-9-18-19-13(2,3)4/h5,10-11H,1,6-9H2,2-4H3,(H,14,16). The van der Waals surface area contributed by atoms with Crippen molar-refractivity contribution in [3.8, 4) is 0 Å². The predicted molar refractivity (Wildman–Crippen MR) is 70.6 cm³/mol. The van der Waals surface area contributed by atoms with Gasteiger partial charge in [0.15, 0.2) is 0 Å². The van der Waals surface area contributed by atoms with Crippen LogP contribution in [0.3, 0.4) is 0 Å². The molecule has 1 atom stereocenters. The Morgan fingerprint density at radius 2 is 2.11 bits per heavy atom. The first-order valence-electron chi connectivity index (χ1n) is 6.19. The molecule has 0 saturated carbocycles. The lowest BCUT2D eigenvalue weighted by Gasteiger charge is -2.18. The second-order valence-corrected chi connectivity index (χ2v) is 4.93. The van der Waals surface area contributed by atoms with Gasteiger partial charge in [-0.1, -0.05) is 12.7 Å². The fourth-order valence-electron chi connectivity index (χ4n) is 1.08. The number of carbonyl (C=O) groups is 2. The van der Waals surface area contributed by atoms with Crippen LogP contribution in [-0.4, -0.2) is 37.2 Å². The maximum Gasteiger partial charge on any atom is 0.408 e. The molecule has 19 heavy (non-hydrogen) atoms. The molecule has 0 aliphatic heterocycles. The Morgan fingerprint density at radius 1 is 1.42 bits per heavy atom. The van der Waals surface area contributed by atoms with Gasteiger partial charge in [-0.25, -0.2) is 14.6 Å². The predicted octanol–water partition coefficient (Wildman–Crippen LogP) is 1.99. The highest BCUT2D eigenvalue weighted by molar-refractivity contribution is 5.73. The van der Waals surface area contributed by atoms with E-state index in [1.807, 2.05) is 20.8 Å². The summed E-state index contributed by atoms with van der Waals surface area (Å²) in [5.74, 6) is 0. The van der Waals surface area contributed by atoms with Crippen LogP contribution in [0.25, 0.3) is 0 Å². The third-order valence-electron chi connectivity index (χ3n) is 1.85. The largest absolute Gasteiger partial charge is 0.445 e. The summed E-state index contributed by atoms with van der Waals surface area (Å²) in [6.07, 6.45) is 2.53. The summed E-state index contributed by atoms with van der Waals surface area (Å²) in [5, 5.41) is 2.44. The SMILES string of the molecule is C=CCOC(=O)NC(C=O)CCCOOC(C)(C)C. The first-order valence-corrected chi connectivity index (χ1v) is 6.19. The molecule has 0 saturated heterocycles. The number of amides is 1. The summed E-state index contributed by atoms with van der Waals surface area (Å²) in [4.78, 5) is 32.0. The fraction of sp³-hybridized carbons (Fsp3) is 0.692. The second kappa shape index (κ2) is 9.52. The Balaban J connectivity index is 3.73. The van der Waals surface area contributed by atoms with Gasteiger partial charge < -0.3 is 14.8 Å². The normalized spacial score (nSPS) is 12.6. The lowest BCUT2D eigenvalue weighted by Crippen LogP contribution is -2.36. The molecule has 6 heteroatoms. The van der Waals surface area contributed by atoms with Crippen LogP contribution in [0.4, 0.5) is 4.79 Å². The molecular formula is C13H23NO5. The van der Waals surface area contributed by atoms with E-state index in [1.165, 1.54) is 6.08 Å². The minimum Gasteiger partial charge on any atom is -0.445 e. The lowest BCUT2D eigenvalue weighted by molar-refractivity contribution is -0.348. The Hall–Kier alpha value is -1.40. The molecule has 1 N–H and O–H groups in total. The van der Waals surface area contributed by atoms with E-state index in [4.69, 9.17) is 14.5 Å². The van der Waals surface area contributed by atoms with Gasteiger partial charge in [0.05, 0.1) is 18.2 Å². The second-order valence-electron chi connectivity index (χ2n) is 4.93. The monoisotopic (exact) mass is 273 g/mol. The molecule has 0 radical (unpaired) electrons. The molecule has 0 aromatic heterocycles. The van der Waals surface area contributed by atoms with E-state index in [9.17, 15) is 9.59 Å². The van der Waals surface area contributed by atoms with Gasteiger partial charge in [0, 0.05) is 0 Å². The molecule has 1 amide bonds. The molecule has 0 aliphatic carbocycles. The number of hydrogen-bond acceptors (Lipinski definition) is 5. The molecular weight excluding hydrogens is 250 g/mol. The van der Waals surface area contributed by atoms with Crippen molar-refractivity contribution < 1.29 is 24.1 Å². The number of ether oxygens (including phenoxy) is 1. The molecule has 0 rings (SSSR count). The minimum absolute atomic E-state index is 0.111. The number of carbonyl (C=O) groups excluding carboxylic acids is 2. The quantitative estimate of drug-likeness (QED) is 0.229. The fourth-order valence-corrected chi connectivity index (χ4v) is 1.08.